The van der Waals surface area contributed by atoms with Crippen LogP contribution >= 0.6 is 0 Å². The smallest absolute Gasteiger partial charge is 0.299 e. The Morgan fingerprint density at radius 3 is 2.32 bits per heavy atom. The third kappa shape index (κ3) is 6.23. The number of fused-ring (bicyclic) bond motifs is 2. The molecule has 3 aliphatic rings. The van der Waals surface area contributed by atoms with Gasteiger partial charge in [0.1, 0.15) is 0 Å². The van der Waals surface area contributed by atoms with Gasteiger partial charge in [0, 0.05) is 31.6 Å². The van der Waals surface area contributed by atoms with Crippen LogP contribution in [0.2, 0.25) is 0 Å². The Morgan fingerprint density at radius 2 is 1.66 bits per heavy atom. The number of benzene rings is 3. The fraction of sp³-hybridized carbons (Fsp3) is 0.353. The van der Waals surface area contributed by atoms with Crippen LogP contribution in [0.3, 0.4) is 0 Å². The maximum Gasteiger partial charge on any atom is 0.416 e. The van der Waals surface area contributed by atoms with Gasteiger partial charge in [-0.3, -0.25) is 9.69 Å². The number of carbonyl (C=O) groups is 1. The first-order valence-corrected chi connectivity index (χ1v) is 16.2. The van der Waals surface area contributed by atoms with Gasteiger partial charge < -0.3 is 0 Å². The van der Waals surface area contributed by atoms with Crippen molar-refractivity contribution in [2.45, 2.75) is 49.7 Å². The van der Waals surface area contributed by atoms with Crippen LogP contribution in [0.25, 0.3) is 5.57 Å². The minimum atomic E-state index is -4.54. The number of sulfonamides is 1. The van der Waals surface area contributed by atoms with Crippen LogP contribution in [0.5, 0.6) is 0 Å². The van der Waals surface area contributed by atoms with E-state index in [4.69, 9.17) is 5.26 Å². The summed E-state index contributed by atoms with van der Waals surface area (Å²) in [7, 11) is -3.99. The highest BCUT2D eigenvalue weighted by molar-refractivity contribution is 7.89. The number of carbonyl (C=O) groups excluding carboxylic acids is 1. The first kappa shape index (κ1) is 30.3. The molecule has 0 saturated carbocycles. The molecule has 6 nitrogen and oxygen atoms in total. The lowest BCUT2D eigenvalue weighted by atomic mass is 9.88. The molecule has 1 saturated heterocycles. The molecule has 0 unspecified atom stereocenters. The molecule has 228 valence electrons. The maximum absolute atomic E-state index is 13.4. The molecular weight excluding hydrogens is 587 g/mol. The highest BCUT2D eigenvalue weighted by Gasteiger charge is 2.35. The summed E-state index contributed by atoms with van der Waals surface area (Å²) in [5.41, 5.74) is 5.56. The molecule has 6 rings (SSSR count). The Morgan fingerprint density at radius 1 is 0.955 bits per heavy atom. The van der Waals surface area contributed by atoms with Gasteiger partial charge in [0.05, 0.1) is 22.1 Å². The number of Topliss-reactive ketones (excluding diaryl/α,β-unsaturated/α-hetero) is 1. The van der Waals surface area contributed by atoms with Gasteiger partial charge in [-0.1, -0.05) is 29.8 Å². The molecule has 0 spiro atoms. The highest BCUT2D eigenvalue weighted by atomic mass is 32.2. The predicted molar refractivity (Wildman–Crippen MR) is 160 cm³/mol. The first-order valence-electron chi connectivity index (χ1n) is 14.8. The lowest BCUT2D eigenvalue weighted by Crippen LogP contribution is -2.36. The monoisotopic (exact) mass is 619 g/mol. The summed E-state index contributed by atoms with van der Waals surface area (Å²) in [6.45, 7) is 3.01. The average molecular weight is 620 g/mol. The summed E-state index contributed by atoms with van der Waals surface area (Å²) < 4.78 is 67.0. The molecule has 10 heteroatoms. The Labute approximate surface area is 255 Å². The van der Waals surface area contributed by atoms with Crippen LogP contribution in [-0.2, 0) is 29.2 Å². The topological polar surface area (TPSA) is 81.5 Å². The van der Waals surface area contributed by atoms with Crippen LogP contribution in [0.1, 0.15) is 63.9 Å². The summed E-state index contributed by atoms with van der Waals surface area (Å²) in [5, 5.41) is 8.99. The minimum Gasteiger partial charge on any atom is -0.299 e. The van der Waals surface area contributed by atoms with Crippen LogP contribution < -0.4 is 0 Å². The molecule has 0 amide bonds. The fourth-order valence-corrected chi connectivity index (χ4v) is 7.91. The van der Waals surface area contributed by atoms with E-state index in [2.05, 4.69) is 11.0 Å². The second-order valence-electron chi connectivity index (χ2n) is 11.9. The summed E-state index contributed by atoms with van der Waals surface area (Å²) in [6, 6.07) is 19.1. The largest absolute Gasteiger partial charge is 0.416 e. The normalized spacial score (nSPS) is 18.1. The highest BCUT2D eigenvalue weighted by Crippen LogP contribution is 2.40. The van der Waals surface area contributed by atoms with Crippen LogP contribution in [0.4, 0.5) is 13.2 Å². The molecule has 1 fully saturated rings. The lowest BCUT2D eigenvalue weighted by molar-refractivity contribution is -0.137. The van der Waals surface area contributed by atoms with E-state index in [1.54, 1.807) is 0 Å². The van der Waals surface area contributed by atoms with Crippen molar-refractivity contribution in [1.82, 2.24) is 9.21 Å². The molecule has 1 aliphatic carbocycles. The van der Waals surface area contributed by atoms with Crippen molar-refractivity contribution in [2.24, 2.45) is 5.92 Å². The SMILES string of the molecule is N#Cc1ccc(CN2CCC(CC(=O)c3ccc4c(c3)C3=C(CCN(S(=O)(=O)c5ccc(C(F)(F)F)cc5)C3)C4)CC2)cc1. The first-order chi connectivity index (χ1) is 21.0. The summed E-state index contributed by atoms with van der Waals surface area (Å²) in [5.74, 6) is 0.374. The average Bonchev–Trinajstić information content (AvgIpc) is 3.39. The van der Waals surface area contributed by atoms with Crippen molar-refractivity contribution >= 4 is 21.4 Å². The Hall–Kier alpha value is -3.78. The number of piperidine rings is 1. The number of nitrogens with zero attached hydrogens (tertiary/aromatic N) is 3. The number of halogens is 3. The third-order valence-corrected chi connectivity index (χ3v) is 10.9. The van der Waals surface area contributed by atoms with E-state index < -0.39 is 21.8 Å². The molecule has 3 aromatic carbocycles. The van der Waals surface area contributed by atoms with Crippen molar-refractivity contribution in [3.8, 4) is 6.07 Å². The molecule has 0 atom stereocenters. The van der Waals surface area contributed by atoms with Crippen LogP contribution in [0, 0.1) is 17.2 Å². The second-order valence-corrected chi connectivity index (χ2v) is 13.8. The van der Waals surface area contributed by atoms with E-state index in [0.29, 0.717) is 36.3 Å². The number of hydrogen-bond acceptors (Lipinski definition) is 5. The van der Waals surface area contributed by atoms with Crippen molar-refractivity contribution in [3.05, 3.63) is 106 Å². The molecular formula is C34H32F3N3O3S. The van der Waals surface area contributed by atoms with E-state index in [9.17, 15) is 26.4 Å². The van der Waals surface area contributed by atoms with Crippen molar-refractivity contribution in [2.75, 3.05) is 26.2 Å². The summed E-state index contributed by atoms with van der Waals surface area (Å²) >= 11 is 0. The quantitative estimate of drug-likeness (QED) is 0.284. The van der Waals surface area contributed by atoms with E-state index in [1.807, 2.05) is 42.5 Å². The Bertz CT molecular complexity index is 1750. The molecule has 2 heterocycles. The molecule has 0 N–H and O–H groups in total. The molecule has 44 heavy (non-hydrogen) atoms. The zero-order valence-electron chi connectivity index (χ0n) is 24.1. The molecule has 2 aliphatic heterocycles. The van der Waals surface area contributed by atoms with Gasteiger partial charge in [-0.05, 0) is 109 Å². The van der Waals surface area contributed by atoms with Crippen molar-refractivity contribution in [1.29, 1.82) is 5.26 Å². The molecule has 0 bridgehead atoms. The standard InChI is InChI=1S/C34H32F3N3O3S/c35-34(36,37)29-7-9-30(10-8-29)44(42,43)40-16-13-27-18-26-5-6-28(19-31(26)32(27)22-40)33(41)17-23-11-14-39(15-12-23)21-25-3-1-24(20-38)2-4-25/h1-10,19,23H,11-18,21-22H2. The predicted octanol–water partition coefficient (Wildman–Crippen LogP) is 6.47. The van der Waals surface area contributed by atoms with Gasteiger partial charge in [-0.25, -0.2) is 8.42 Å². The lowest BCUT2D eigenvalue weighted by Gasteiger charge is -2.31. The van der Waals surface area contributed by atoms with Gasteiger partial charge in [-0.15, -0.1) is 0 Å². The van der Waals surface area contributed by atoms with E-state index in [-0.39, 0.29) is 23.8 Å². The van der Waals surface area contributed by atoms with E-state index >= 15 is 0 Å². The van der Waals surface area contributed by atoms with Crippen LogP contribution in [-0.4, -0.2) is 49.6 Å². The molecule has 3 aromatic rings. The number of nitriles is 1. The number of ketones is 1. The van der Waals surface area contributed by atoms with Crippen molar-refractivity contribution in [3.63, 3.8) is 0 Å². The zero-order chi connectivity index (χ0) is 31.1. The summed E-state index contributed by atoms with van der Waals surface area (Å²) in [6.07, 6.45) is -0.971. The number of likely N-dealkylation sites (tertiary alicyclic amines) is 1. The van der Waals surface area contributed by atoms with Gasteiger partial charge in [0.2, 0.25) is 10.0 Å². The van der Waals surface area contributed by atoms with Crippen LogP contribution in [0.15, 0.2) is 77.2 Å². The second kappa shape index (κ2) is 12.0. The Kier molecular flexibility index (Phi) is 8.22. The molecule has 0 radical (unpaired) electrons. The number of alkyl halides is 3. The van der Waals surface area contributed by atoms with Gasteiger partial charge >= 0.3 is 6.18 Å². The summed E-state index contributed by atoms with van der Waals surface area (Å²) in [4.78, 5) is 15.6. The van der Waals surface area contributed by atoms with E-state index in [0.717, 1.165) is 79.0 Å². The third-order valence-electron chi connectivity index (χ3n) is 9.07. The maximum atomic E-state index is 13.4. The van der Waals surface area contributed by atoms with Gasteiger partial charge in [0.25, 0.3) is 0 Å². The Balaban J connectivity index is 1.09. The van der Waals surface area contributed by atoms with Crippen molar-refractivity contribution < 1.29 is 26.4 Å². The zero-order valence-corrected chi connectivity index (χ0v) is 24.9. The van der Waals surface area contributed by atoms with Gasteiger partial charge in [0.15, 0.2) is 5.78 Å². The number of hydrogen-bond donors (Lipinski definition) is 0. The minimum absolute atomic E-state index is 0.0810. The number of rotatable bonds is 7. The fourth-order valence-electron chi connectivity index (χ4n) is 6.51. The van der Waals surface area contributed by atoms with Gasteiger partial charge in [-0.2, -0.15) is 22.7 Å². The van der Waals surface area contributed by atoms with E-state index in [1.165, 1.54) is 9.87 Å². The molecule has 0 aromatic heterocycles.